The first kappa shape index (κ1) is 17.7. The first-order valence-electron chi connectivity index (χ1n) is 9.55. The highest BCUT2D eigenvalue weighted by atomic mass is 79.9. The molecule has 7 heteroatoms. The summed E-state index contributed by atoms with van der Waals surface area (Å²) in [5.74, 6) is 0. The maximum atomic E-state index is 11.6. The Hall–Kier alpha value is -2.38. The van der Waals surface area contributed by atoms with Crippen LogP contribution in [0.1, 0.15) is 18.5 Å². The lowest BCUT2D eigenvalue weighted by Gasteiger charge is -2.39. The minimum absolute atomic E-state index is 0.103. The second-order valence-electron chi connectivity index (χ2n) is 7.61. The van der Waals surface area contributed by atoms with Gasteiger partial charge in [0, 0.05) is 48.0 Å². The number of halogens is 1. The largest absolute Gasteiger partial charge is 0.465 e. The Kier molecular flexibility index (Phi) is 4.36. The van der Waals surface area contributed by atoms with E-state index in [1.54, 1.807) is 4.90 Å². The Morgan fingerprint density at radius 3 is 2.50 bits per heavy atom. The van der Waals surface area contributed by atoms with Crippen molar-refractivity contribution in [3.63, 3.8) is 0 Å². The Morgan fingerprint density at radius 1 is 1.11 bits per heavy atom. The second kappa shape index (κ2) is 6.90. The molecule has 3 aromatic rings. The number of likely N-dealkylation sites (tertiary alicyclic amines) is 1. The molecule has 0 radical (unpaired) electrons. The molecule has 2 aromatic heterocycles. The van der Waals surface area contributed by atoms with Crippen molar-refractivity contribution in [3.8, 4) is 11.3 Å². The van der Waals surface area contributed by atoms with E-state index in [1.807, 2.05) is 30.3 Å². The van der Waals surface area contributed by atoms with Crippen LogP contribution in [0.25, 0.3) is 16.9 Å². The lowest BCUT2D eigenvalue weighted by atomic mass is 10.1. The lowest BCUT2D eigenvalue weighted by Crippen LogP contribution is -2.55. The number of nitrogens with zero attached hydrogens (tertiary/aromatic N) is 4. The highest BCUT2D eigenvalue weighted by Gasteiger charge is 2.42. The number of rotatable bonds is 3. The molecule has 4 heterocycles. The molecule has 2 aliphatic heterocycles. The van der Waals surface area contributed by atoms with Crippen LogP contribution in [0.3, 0.4) is 0 Å². The van der Waals surface area contributed by atoms with Gasteiger partial charge in [0.05, 0.1) is 11.4 Å². The van der Waals surface area contributed by atoms with E-state index in [2.05, 4.69) is 43.6 Å². The monoisotopic (exact) mass is 440 g/mol. The van der Waals surface area contributed by atoms with Gasteiger partial charge in [-0.15, -0.1) is 0 Å². The van der Waals surface area contributed by atoms with E-state index in [4.69, 9.17) is 4.98 Å². The molecule has 2 atom stereocenters. The minimum atomic E-state index is -0.780. The fraction of sp³-hybridized carbons (Fsp3) is 0.333. The molecule has 1 amide bonds. The summed E-state index contributed by atoms with van der Waals surface area (Å²) >= 11 is 3.50. The number of benzene rings is 1. The molecule has 144 valence electrons. The van der Waals surface area contributed by atoms with Crippen molar-refractivity contribution < 1.29 is 9.90 Å². The van der Waals surface area contributed by atoms with Crippen LogP contribution in [-0.4, -0.2) is 55.6 Å². The maximum absolute atomic E-state index is 11.6. The van der Waals surface area contributed by atoms with E-state index in [1.165, 1.54) is 0 Å². The molecule has 1 aromatic carbocycles. The van der Waals surface area contributed by atoms with Gasteiger partial charge in [0.2, 0.25) is 0 Å². The van der Waals surface area contributed by atoms with Crippen LogP contribution < -0.4 is 0 Å². The molecular formula is C21H21BrN4O2. The van der Waals surface area contributed by atoms with Crippen LogP contribution in [-0.2, 0) is 6.54 Å². The number of imidazole rings is 1. The number of hydrogen-bond acceptors (Lipinski definition) is 3. The molecule has 6 nitrogen and oxygen atoms in total. The smallest absolute Gasteiger partial charge is 0.407 e. The number of carboxylic acid groups (broad SMARTS) is 1. The molecule has 0 aliphatic carbocycles. The van der Waals surface area contributed by atoms with E-state index in [-0.39, 0.29) is 12.1 Å². The van der Waals surface area contributed by atoms with Crippen LogP contribution in [0.5, 0.6) is 0 Å². The topological polar surface area (TPSA) is 61.1 Å². The van der Waals surface area contributed by atoms with E-state index < -0.39 is 6.09 Å². The summed E-state index contributed by atoms with van der Waals surface area (Å²) in [7, 11) is 0. The van der Waals surface area contributed by atoms with E-state index in [0.29, 0.717) is 0 Å². The number of pyridine rings is 1. The third-order valence-corrected chi connectivity index (χ3v) is 6.43. The van der Waals surface area contributed by atoms with Crippen LogP contribution >= 0.6 is 15.9 Å². The average molecular weight is 441 g/mol. The van der Waals surface area contributed by atoms with Crippen LogP contribution in [0.2, 0.25) is 0 Å². The Balaban J connectivity index is 1.50. The Morgan fingerprint density at radius 2 is 1.82 bits per heavy atom. The number of hydrogen-bond donors (Lipinski definition) is 1. The Bertz CT molecular complexity index is 1020. The highest BCUT2D eigenvalue weighted by molar-refractivity contribution is 9.10. The summed E-state index contributed by atoms with van der Waals surface area (Å²) in [6, 6.07) is 14.5. The highest BCUT2D eigenvalue weighted by Crippen LogP contribution is 2.33. The van der Waals surface area contributed by atoms with Crippen molar-refractivity contribution in [3.05, 3.63) is 58.8 Å². The summed E-state index contributed by atoms with van der Waals surface area (Å²) in [4.78, 5) is 20.5. The summed E-state index contributed by atoms with van der Waals surface area (Å²) in [5.41, 5.74) is 4.17. The number of amides is 1. The first-order valence-corrected chi connectivity index (χ1v) is 10.3. The van der Waals surface area contributed by atoms with Gasteiger partial charge in [-0.1, -0.05) is 34.1 Å². The zero-order chi connectivity index (χ0) is 19.3. The molecule has 2 aliphatic rings. The first-order chi connectivity index (χ1) is 13.6. The molecule has 5 rings (SSSR count). The average Bonchev–Trinajstić information content (AvgIpc) is 3.18. The second-order valence-corrected chi connectivity index (χ2v) is 8.53. The fourth-order valence-electron chi connectivity index (χ4n) is 4.68. The fourth-order valence-corrected chi connectivity index (χ4v) is 4.94. The molecule has 0 spiro atoms. The third-order valence-electron chi connectivity index (χ3n) is 5.90. The third kappa shape index (κ3) is 2.99. The summed E-state index contributed by atoms with van der Waals surface area (Å²) in [6.07, 6.45) is 3.19. The van der Waals surface area contributed by atoms with Gasteiger partial charge in [0.25, 0.3) is 0 Å². The van der Waals surface area contributed by atoms with Gasteiger partial charge >= 0.3 is 6.09 Å². The molecule has 0 saturated carbocycles. The number of fused-ring (bicyclic) bond motifs is 3. The van der Waals surface area contributed by atoms with Crippen molar-refractivity contribution in [1.29, 1.82) is 0 Å². The van der Waals surface area contributed by atoms with Crippen molar-refractivity contribution in [2.75, 3.05) is 13.1 Å². The predicted molar refractivity (Wildman–Crippen MR) is 110 cm³/mol. The van der Waals surface area contributed by atoms with Gasteiger partial charge in [-0.3, -0.25) is 9.80 Å². The number of carbonyl (C=O) groups is 1. The van der Waals surface area contributed by atoms with Crippen molar-refractivity contribution in [2.24, 2.45) is 0 Å². The molecule has 2 fully saturated rings. The lowest BCUT2D eigenvalue weighted by molar-refractivity contribution is 0.0586. The van der Waals surface area contributed by atoms with Gasteiger partial charge in [-0.25, -0.2) is 9.78 Å². The number of piperazine rings is 1. The molecule has 2 saturated heterocycles. The van der Waals surface area contributed by atoms with E-state index >= 15 is 0 Å². The predicted octanol–water partition coefficient (Wildman–Crippen LogP) is 4.09. The van der Waals surface area contributed by atoms with Crippen molar-refractivity contribution in [2.45, 2.75) is 31.5 Å². The van der Waals surface area contributed by atoms with Gasteiger partial charge in [-0.2, -0.15) is 0 Å². The summed E-state index contributed by atoms with van der Waals surface area (Å²) < 4.78 is 3.20. The summed E-state index contributed by atoms with van der Waals surface area (Å²) in [5, 5.41) is 9.51. The number of aromatic nitrogens is 2. The molecule has 1 N–H and O–H groups in total. The summed E-state index contributed by atoms with van der Waals surface area (Å²) in [6.45, 7) is 2.32. The van der Waals surface area contributed by atoms with Crippen molar-refractivity contribution in [1.82, 2.24) is 19.2 Å². The van der Waals surface area contributed by atoms with Crippen LogP contribution in [0, 0.1) is 0 Å². The minimum Gasteiger partial charge on any atom is -0.465 e. The molecular weight excluding hydrogens is 420 g/mol. The van der Waals surface area contributed by atoms with E-state index in [0.717, 1.165) is 59.5 Å². The van der Waals surface area contributed by atoms with Gasteiger partial charge < -0.3 is 9.51 Å². The standard InChI is InChI=1S/C21H21BrN4O2/c22-15-6-4-14(5-7-15)20-18(25-10-2-1-3-19(25)23-20)13-24-11-16-8-9-17(12-24)26(16)21(27)28/h1-7,10,16-17H,8-9,11-13H2,(H,27,28). The Labute approximate surface area is 171 Å². The van der Waals surface area contributed by atoms with Gasteiger partial charge in [0.15, 0.2) is 0 Å². The van der Waals surface area contributed by atoms with Gasteiger partial charge in [0.1, 0.15) is 5.65 Å². The van der Waals surface area contributed by atoms with Crippen molar-refractivity contribution >= 4 is 27.7 Å². The van der Waals surface area contributed by atoms with E-state index in [9.17, 15) is 9.90 Å². The maximum Gasteiger partial charge on any atom is 0.407 e. The van der Waals surface area contributed by atoms with Crippen LogP contribution in [0.4, 0.5) is 4.79 Å². The zero-order valence-electron chi connectivity index (χ0n) is 15.3. The van der Waals surface area contributed by atoms with Gasteiger partial charge in [-0.05, 0) is 37.1 Å². The van der Waals surface area contributed by atoms with Crippen LogP contribution in [0.15, 0.2) is 53.1 Å². The molecule has 2 bridgehead atoms. The molecule has 2 unspecified atom stereocenters. The zero-order valence-corrected chi connectivity index (χ0v) is 16.9. The molecule has 28 heavy (non-hydrogen) atoms. The SMILES string of the molecule is O=C(O)N1C2CCC1CN(Cc1c(-c3ccc(Br)cc3)nc3ccccn13)C2. The normalized spacial score (nSPS) is 22.1. The quantitative estimate of drug-likeness (QED) is 0.665.